The van der Waals surface area contributed by atoms with Crippen LogP contribution in [-0.4, -0.2) is 0 Å². The highest BCUT2D eigenvalue weighted by atomic mass is 16.3. The number of nitrogens with zero attached hydrogens (tertiary/aromatic N) is 1. The summed E-state index contributed by atoms with van der Waals surface area (Å²) < 4.78 is 13.4. The number of para-hydroxylation sites is 3. The molecule has 0 radical (unpaired) electrons. The molecule has 0 aliphatic heterocycles. The summed E-state index contributed by atoms with van der Waals surface area (Å²) in [5.41, 5.74) is 11.1. The predicted molar refractivity (Wildman–Crippen MR) is 187 cm³/mol. The topological polar surface area (TPSA) is 29.5 Å². The molecule has 212 valence electrons. The third-order valence-electron chi connectivity index (χ3n) is 8.66. The molecule has 0 amide bonds. The van der Waals surface area contributed by atoms with Crippen LogP contribution in [0.3, 0.4) is 0 Å². The van der Waals surface area contributed by atoms with E-state index in [1.165, 1.54) is 11.1 Å². The molecule has 0 atom stereocenters. The normalized spacial score (nSPS) is 11.6. The molecule has 0 fully saturated rings. The van der Waals surface area contributed by atoms with E-state index in [0.717, 1.165) is 72.1 Å². The molecule has 2 heterocycles. The summed E-state index contributed by atoms with van der Waals surface area (Å²) in [6.07, 6.45) is 0. The summed E-state index contributed by atoms with van der Waals surface area (Å²) in [6, 6.07) is 57.0. The number of rotatable bonds is 5. The van der Waals surface area contributed by atoms with Crippen molar-refractivity contribution in [2.45, 2.75) is 0 Å². The fraction of sp³-hybridized carbons (Fsp3) is 0. The lowest BCUT2D eigenvalue weighted by atomic mass is 9.94. The third-order valence-corrected chi connectivity index (χ3v) is 8.66. The number of furan rings is 2. The smallest absolute Gasteiger partial charge is 0.144 e. The molecule has 0 aliphatic rings. The average molecular weight is 578 g/mol. The van der Waals surface area contributed by atoms with Crippen LogP contribution in [-0.2, 0) is 0 Å². The zero-order chi connectivity index (χ0) is 29.7. The zero-order valence-electron chi connectivity index (χ0n) is 24.4. The van der Waals surface area contributed by atoms with Crippen molar-refractivity contribution in [2.24, 2.45) is 0 Å². The second-order valence-electron chi connectivity index (χ2n) is 11.3. The van der Waals surface area contributed by atoms with Gasteiger partial charge in [0, 0.05) is 33.1 Å². The highest BCUT2D eigenvalue weighted by Crippen LogP contribution is 2.48. The lowest BCUT2D eigenvalue weighted by molar-refractivity contribution is 0.664. The van der Waals surface area contributed by atoms with Crippen molar-refractivity contribution in [2.75, 3.05) is 4.90 Å². The van der Waals surface area contributed by atoms with Crippen LogP contribution in [0.1, 0.15) is 0 Å². The van der Waals surface area contributed by atoms with Gasteiger partial charge in [0.05, 0.1) is 11.1 Å². The minimum Gasteiger partial charge on any atom is -0.456 e. The van der Waals surface area contributed by atoms with Gasteiger partial charge < -0.3 is 13.7 Å². The molecule has 3 nitrogen and oxygen atoms in total. The van der Waals surface area contributed by atoms with E-state index in [-0.39, 0.29) is 0 Å². The molecule has 3 heteroatoms. The van der Waals surface area contributed by atoms with Crippen molar-refractivity contribution >= 4 is 60.9 Å². The van der Waals surface area contributed by atoms with Crippen molar-refractivity contribution in [1.29, 1.82) is 0 Å². The molecule has 7 aromatic carbocycles. The molecule has 0 unspecified atom stereocenters. The van der Waals surface area contributed by atoms with Gasteiger partial charge in [-0.3, -0.25) is 0 Å². The first kappa shape index (κ1) is 25.4. The van der Waals surface area contributed by atoms with Crippen LogP contribution < -0.4 is 4.90 Å². The van der Waals surface area contributed by atoms with Crippen LogP contribution in [0, 0.1) is 0 Å². The van der Waals surface area contributed by atoms with Crippen LogP contribution in [0.25, 0.3) is 66.1 Å². The molecule has 0 N–H and O–H groups in total. The molecule has 9 aromatic rings. The predicted octanol–water partition coefficient (Wildman–Crippen LogP) is 12.3. The quantitative estimate of drug-likeness (QED) is 0.204. The Bertz CT molecular complexity index is 2420. The van der Waals surface area contributed by atoms with E-state index >= 15 is 0 Å². The van der Waals surface area contributed by atoms with Crippen molar-refractivity contribution in [3.63, 3.8) is 0 Å². The molecule has 45 heavy (non-hydrogen) atoms. The maximum absolute atomic E-state index is 6.87. The van der Waals surface area contributed by atoms with Gasteiger partial charge in [-0.25, -0.2) is 0 Å². The van der Waals surface area contributed by atoms with Gasteiger partial charge in [-0.05, 0) is 65.2 Å². The van der Waals surface area contributed by atoms with E-state index in [1.807, 2.05) is 30.3 Å². The van der Waals surface area contributed by atoms with E-state index < -0.39 is 0 Å². The number of hydrogen-bond donors (Lipinski definition) is 0. The minimum atomic E-state index is 0.832. The lowest BCUT2D eigenvalue weighted by Gasteiger charge is -2.26. The van der Waals surface area contributed by atoms with Crippen molar-refractivity contribution in [1.82, 2.24) is 0 Å². The summed E-state index contributed by atoms with van der Waals surface area (Å²) in [5, 5.41) is 4.21. The number of anilines is 3. The third kappa shape index (κ3) is 4.13. The van der Waals surface area contributed by atoms with Gasteiger partial charge in [-0.2, -0.15) is 0 Å². The van der Waals surface area contributed by atoms with Crippen LogP contribution in [0.5, 0.6) is 0 Å². The standard InChI is InChI=1S/C42H27NO2/c1-4-13-28(14-5-1)29-23-25-30(26-24-29)39-41-33-19-10-11-21-36(33)44-38(41)27-34-40-35(20-12-22-37(40)45-42(34)39)43(31-15-6-2-7-16-31)32-17-8-3-9-18-32/h1-27H. The molecule has 0 aliphatic carbocycles. The summed E-state index contributed by atoms with van der Waals surface area (Å²) >= 11 is 0. The van der Waals surface area contributed by atoms with Gasteiger partial charge in [0.25, 0.3) is 0 Å². The maximum Gasteiger partial charge on any atom is 0.144 e. The van der Waals surface area contributed by atoms with E-state index in [2.05, 4.69) is 138 Å². The number of benzene rings is 7. The summed E-state index contributed by atoms with van der Waals surface area (Å²) in [5.74, 6) is 0. The SMILES string of the molecule is c1ccc(-c2ccc(-c3c4oc5cccc(N(c6ccccc6)c6ccccc6)c5c4cc4oc5ccccc5c34)cc2)cc1. The Labute approximate surface area is 260 Å². The molecule has 9 rings (SSSR count). The number of fused-ring (bicyclic) bond motifs is 6. The molecular formula is C42H27NO2. The minimum absolute atomic E-state index is 0.832. The first-order chi connectivity index (χ1) is 22.3. The van der Waals surface area contributed by atoms with E-state index in [4.69, 9.17) is 8.83 Å². The fourth-order valence-corrected chi connectivity index (χ4v) is 6.65. The summed E-state index contributed by atoms with van der Waals surface area (Å²) in [6.45, 7) is 0. The second-order valence-corrected chi connectivity index (χ2v) is 11.3. The monoisotopic (exact) mass is 577 g/mol. The Morgan fingerprint density at radius 1 is 0.378 bits per heavy atom. The van der Waals surface area contributed by atoms with Crippen LogP contribution in [0.2, 0.25) is 0 Å². The number of hydrogen-bond acceptors (Lipinski definition) is 3. The first-order valence-electron chi connectivity index (χ1n) is 15.2. The Morgan fingerprint density at radius 3 is 1.67 bits per heavy atom. The summed E-state index contributed by atoms with van der Waals surface area (Å²) in [7, 11) is 0. The molecule has 2 aromatic heterocycles. The van der Waals surface area contributed by atoms with Crippen LogP contribution in [0.15, 0.2) is 173 Å². The van der Waals surface area contributed by atoms with E-state index in [9.17, 15) is 0 Å². The Hall–Kier alpha value is -6.06. The van der Waals surface area contributed by atoms with Crippen molar-refractivity contribution in [3.8, 4) is 22.3 Å². The van der Waals surface area contributed by atoms with Crippen LogP contribution in [0.4, 0.5) is 17.1 Å². The van der Waals surface area contributed by atoms with Crippen molar-refractivity contribution < 1.29 is 8.83 Å². The largest absolute Gasteiger partial charge is 0.456 e. The highest BCUT2D eigenvalue weighted by molar-refractivity contribution is 6.25. The van der Waals surface area contributed by atoms with Crippen molar-refractivity contribution in [3.05, 3.63) is 164 Å². The summed E-state index contributed by atoms with van der Waals surface area (Å²) in [4.78, 5) is 2.30. The van der Waals surface area contributed by atoms with Gasteiger partial charge in [0.2, 0.25) is 0 Å². The van der Waals surface area contributed by atoms with Gasteiger partial charge in [-0.1, -0.05) is 115 Å². The molecule has 0 bridgehead atoms. The lowest BCUT2D eigenvalue weighted by Crippen LogP contribution is -2.09. The van der Waals surface area contributed by atoms with E-state index in [1.54, 1.807) is 0 Å². The Kier molecular flexibility index (Phi) is 5.82. The fourth-order valence-electron chi connectivity index (χ4n) is 6.65. The maximum atomic E-state index is 6.87. The van der Waals surface area contributed by atoms with Gasteiger partial charge in [0.15, 0.2) is 0 Å². The van der Waals surface area contributed by atoms with Gasteiger partial charge in [0.1, 0.15) is 22.3 Å². The zero-order valence-corrected chi connectivity index (χ0v) is 24.4. The second kappa shape index (κ2) is 10.3. The first-order valence-corrected chi connectivity index (χ1v) is 15.2. The molecular weight excluding hydrogens is 550 g/mol. The Balaban J connectivity index is 1.36. The van der Waals surface area contributed by atoms with Gasteiger partial charge in [-0.15, -0.1) is 0 Å². The Morgan fingerprint density at radius 2 is 0.956 bits per heavy atom. The molecule has 0 saturated carbocycles. The molecule has 0 saturated heterocycles. The van der Waals surface area contributed by atoms with E-state index in [0.29, 0.717) is 0 Å². The van der Waals surface area contributed by atoms with Crippen LogP contribution >= 0.6 is 0 Å². The average Bonchev–Trinajstić information content (AvgIpc) is 3.67. The highest BCUT2D eigenvalue weighted by Gasteiger charge is 2.24. The molecule has 0 spiro atoms. The van der Waals surface area contributed by atoms with Gasteiger partial charge >= 0.3 is 0 Å².